The number of hydrogen-bond acceptors (Lipinski definition) is 5. The Labute approximate surface area is 245 Å². The second-order valence-corrected chi connectivity index (χ2v) is 12.3. The fourth-order valence-electron chi connectivity index (χ4n) is 4.11. The summed E-state index contributed by atoms with van der Waals surface area (Å²) in [6.07, 6.45) is 4.72. The number of amides is 5. The van der Waals surface area contributed by atoms with Gasteiger partial charge in [0, 0.05) is 18.3 Å². The third kappa shape index (κ3) is 13.1. The maximum Gasteiger partial charge on any atom is 0.315 e. The molecule has 0 spiro atoms. The van der Waals surface area contributed by atoms with Crippen LogP contribution in [0.2, 0.25) is 0 Å². The summed E-state index contributed by atoms with van der Waals surface area (Å²) in [6, 6.07) is 9.44. The molecule has 2 aliphatic carbocycles. The summed E-state index contributed by atoms with van der Waals surface area (Å²) in [5.41, 5.74) is 1.15. The van der Waals surface area contributed by atoms with E-state index >= 15 is 0 Å². The van der Waals surface area contributed by atoms with Crippen LogP contribution < -0.4 is 21.3 Å². The van der Waals surface area contributed by atoms with E-state index in [0.717, 1.165) is 25.7 Å². The predicted molar refractivity (Wildman–Crippen MR) is 160 cm³/mol. The number of nitrogens with zero attached hydrogens (tertiary/aromatic N) is 2. The van der Waals surface area contributed by atoms with Crippen LogP contribution in [0.5, 0.6) is 0 Å². The monoisotopic (exact) mass is 568 g/mol. The molecule has 0 radical (unpaired) electrons. The van der Waals surface area contributed by atoms with Crippen molar-refractivity contribution in [1.29, 1.82) is 5.26 Å². The van der Waals surface area contributed by atoms with Gasteiger partial charge in [-0.05, 0) is 49.1 Å². The van der Waals surface area contributed by atoms with Crippen molar-refractivity contribution in [1.82, 2.24) is 20.9 Å². The second kappa shape index (κ2) is 16.0. The summed E-state index contributed by atoms with van der Waals surface area (Å²) in [5, 5.41) is 20.5. The van der Waals surface area contributed by atoms with E-state index in [1.165, 1.54) is 4.90 Å². The molecule has 3 aliphatic rings. The number of anilines is 1. The zero-order chi connectivity index (χ0) is 30.6. The molecule has 3 atom stereocenters. The van der Waals surface area contributed by atoms with Gasteiger partial charge in [-0.3, -0.25) is 14.4 Å². The number of nitriles is 1. The molecular weight excluding hydrogens is 520 g/mol. The van der Waals surface area contributed by atoms with Crippen molar-refractivity contribution < 1.29 is 19.2 Å². The van der Waals surface area contributed by atoms with Gasteiger partial charge >= 0.3 is 6.03 Å². The molecule has 2 saturated carbocycles. The minimum absolute atomic E-state index is 0.110. The van der Waals surface area contributed by atoms with E-state index in [2.05, 4.69) is 55.0 Å². The van der Waals surface area contributed by atoms with Gasteiger partial charge in [0.25, 0.3) is 0 Å². The summed E-state index contributed by atoms with van der Waals surface area (Å²) in [4.78, 5) is 51.6. The molecule has 3 fully saturated rings. The lowest BCUT2D eigenvalue weighted by Crippen LogP contribution is -2.52. The van der Waals surface area contributed by atoms with Gasteiger partial charge in [0.05, 0.1) is 18.5 Å². The van der Waals surface area contributed by atoms with Crippen molar-refractivity contribution >= 4 is 29.4 Å². The number of nitrogens with one attached hydrogen (secondary N) is 4. The normalized spacial score (nSPS) is 20.1. The van der Waals surface area contributed by atoms with Crippen LogP contribution in [0.4, 0.5) is 10.5 Å². The summed E-state index contributed by atoms with van der Waals surface area (Å²) in [5.74, 6) is -1.21. The number of carbonyl (C=O) groups is 4. The van der Waals surface area contributed by atoms with Crippen molar-refractivity contribution in [2.24, 2.45) is 17.3 Å². The first-order valence-electron chi connectivity index (χ1n) is 14.8. The van der Waals surface area contributed by atoms with Crippen LogP contribution in [0.25, 0.3) is 0 Å². The van der Waals surface area contributed by atoms with Crippen LogP contribution in [0.3, 0.4) is 0 Å². The highest BCUT2D eigenvalue weighted by Gasteiger charge is 2.39. The van der Waals surface area contributed by atoms with Gasteiger partial charge in [-0.2, -0.15) is 5.26 Å². The molecule has 0 bridgehead atoms. The number of benzene rings is 1. The van der Waals surface area contributed by atoms with E-state index in [4.69, 9.17) is 0 Å². The predicted octanol–water partition coefficient (Wildman–Crippen LogP) is 4.19. The maximum absolute atomic E-state index is 12.8. The first kappa shape index (κ1) is 33.6. The van der Waals surface area contributed by atoms with Gasteiger partial charge in [-0.15, -0.1) is 0 Å². The molecule has 226 valence electrons. The molecule has 10 nitrogen and oxygen atoms in total. The number of carbonyl (C=O) groups excluding carboxylic acids is 4. The first-order valence-corrected chi connectivity index (χ1v) is 14.8. The van der Waals surface area contributed by atoms with Crippen LogP contribution >= 0.6 is 0 Å². The van der Waals surface area contributed by atoms with Gasteiger partial charge < -0.3 is 26.2 Å². The average molecular weight is 569 g/mol. The summed E-state index contributed by atoms with van der Waals surface area (Å²) in [6.45, 7) is 12.6. The van der Waals surface area contributed by atoms with E-state index < -0.39 is 29.8 Å². The van der Waals surface area contributed by atoms with Crippen LogP contribution in [-0.4, -0.2) is 59.9 Å². The van der Waals surface area contributed by atoms with Gasteiger partial charge in [0.15, 0.2) is 0 Å². The Morgan fingerprint density at radius 1 is 1.02 bits per heavy atom. The van der Waals surface area contributed by atoms with E-state index in [9.17, 15) is 24.4 Å². The van der Waals surface area contributed by atoms with Crippen LogP contribution in [-0.2, 0) is 14.4 Å². The molecule has 10 heteroatoms. The average Bonchev–Trinajstić information content (AvgIpc) is 3.86. The minimum atomic E-state index is -0.736. The van der Waals surface area contributed by atoms with Crippen molar-refractivity contribution in [2.75, 3.05) is 18.4 Å². The second-order valence-electron chi connectivity index (χ2n) is 12.3. The molecule has 1 heterocycles. The topological polar surface area (TPSA) is 143 Å². The van der Waals surface area contributed by atoms with Crippen LogP contribution in [0.15, 0.2) is 30.3 Å². The summed E-state index contributed by atoms with van der Waals surface area (Å²) in [7, 11) is 0. The molecule has 41 heavy (non-hydrogen) atoms. The maximum atomic E-state index is 12.8. The fraction of sp³-hybridized carbons (Fsp3) is 0.645. The zero-order valence-electron chi connectivity index (χ0n) is 25.5. The molecule has 0 aromatic heterocycles. The first-order chi connectivity index (χ1) is 19.4. The Kier molecular flexibility index (Phi) is 13.1. The summed E-state index contributed by atoms with van der Waals surface area (Å²) >= 11 is 0. The minimum Gasteiger partial charge on any atom is -0.345 e. The van der Waals surface area contributed by atoms with E-state index in [-0.39, 0.29) is 37.5 Å². The number of hydrogen-bond donors (Lipinski definition) is 4. The smallest absolute Gasteiger partial charge is 0.315 e. The van der Waals surface area contributed by atoms with Gasteiger partial charge in [-0.25, -0.2) is 4.79 Å². The van der Waals surface area contributed by atoms with Gasteiger partial charge in [0.2, 0.25) is 17.7 Å². The summed E-state index contributed by atoms with van der Waals surface area (Å²) < 4.78 is 0. The molecule has 1 aliphatic heterocycles. The third-order valence-corrected chi connectivity index (χ3v) is 6.40. The van der Waals surface area contributed by atoms with Crippen molar-refractivity contribution in [3.05, 3.63) is 30.3 Å². The highest BCUT2D eigenvalue weighted by molar-refractivity contribution is 5.94. The quantitative estimate of drug-likeness (QED) is 0.353. The largest absolute Gasteiger partial charge is 0.345 e. The van der Waals surface area contributed by atoms with E-state index in [1.54, 1.807) is 12.1 Å². The number of urea groups is 1. The standard InChI is InChI=1S/C24H30N6O4.C5H12.C2H6/c25-12-19-11-16(22(32)27-17-4-2-1-3-5-17)14-30(19)21(31)13-26-23(33)20(10-15-6-7-15)29-24(34)28-18-8-9-18;1-5(2,3)4;1-2/h1-5,15-16,18-20H,6-11,13-14H2,(H,26,33)(H,27,32)(H2,28,29,34);1-4H3;1-2H3. The molecule has 5 amide bonds. The van der Waals surface area contributed by atoms with Crippen molar-refractivity contribution in [3.8, 4) is 6.07 Å². The molecule has 1 aromatic rings. The van der Waals surface area contributed by atoms with E-state index in [0.29, 0.717) is 23.4 Å². The molecule has 4 N–H and O–H groups in total. The Hall–Kier alpha value is -3.61. The van der Waals surface area contributed by atoms with Crippen LogP contribution in [0.1, 0.15) is 80.1 Å². The highest BCUT2D eigenvalue weighted by atomic mass is 16.2. The van der Waals surface area contributed by atoms with Crippen molar-refractivity contribution in [3.63, 3.8) is 0 Å². The molecule has 3 unspecified atom stereocenters. The van der Waals surface area contributed by atoms with Gasteiger partial charge in [0.1, 0.15) is 12.1 Å². The Balaban J connectivity index is 0.000000759. The Bertz CT molecular complexity index is 1050. The highest BCUT2D eigenvalue weighted by Crippen LogP contribution is 2.33. The van der Waals surface area contributed by atoms with Crippen molar-refractivity contribution in [2.45, 2.75) is 98.2 Å². The molecule has 4 rings (SSSR count). The van der Waals surface area contributed by atoms with Gasteiger partial charge in [-0.1, -0.05) is 72.6 Å². The Morgan fingerprint density at radius 3 is 2.17 bits per heavy atom. The van der Waals surface area contributed by atoms with Crippen LogP contribution in [0, 0.1) is 28.6 Å². The SMILES string of the molecule is CC.CC(C)(C)C.N#CC1CC(C(=O)Nc2ccccc2)CN1C(=O)CNC(=O)C(CC1CC1)NC(=O)NC1CC1. The van der Waals surface area contributed by atoms with E-state index in [1.807, 2.05) is 32.0 Å². The molecule has 1 saturated heterocycles. The number of likely N-dealkylation sites (tertiary alicyclic amines) is 1. The third-order valence-electron chi connectivity index (χ3n) is 6.40. The molecular formula is C31H48N6O4. The fourth-order valence-corrected chi connectivity index (χ4v) is 4.11. The lowest BCUT2D eigenvalue weighted by Gasteiger charge is -2.22. The number of rotatable bonds is 9. The zero-order valence-corrected chi connectivity index (χ0v) is 25.5. The lowest BCUT2D eigenvalue weighted by atomic mass is 10.0. The molecule has 1 aromatic carbocycles. The lowest BCUT2D eigenvalue weighted by molar-refractivity contribution is -0.133. The Morgan fingerprint density at radius 2 is 1.63 bits per heavy atom. The number of para-hydroxylation sites is 1.